The number of benzene rings is 6. The van der Waals surface area contributed by atoms with Gasteiger partial charge in [0.1, 0.15) is 48.0 Å². The number of primary amides is 1. The Labute approximate surface area is 487 Å². The Kier molecular flexibility index (Phi) is 23.5. The number of nitrogens with two attached hydrogens (primary N) is 3. The molecule has 8 amide bonds. The number of aromatic hydroxyl groups is 1. The molecule has 0 aliphatic rings. The van der Waals surface area contributed by atoms with Gasteiger partial charge in [0.25, 0.3) is 0 Å². The standard InChI is InChI=1S/C60H74N10O10S2/c1-33(2)51(60(80)68-50(32-82)59(79)70-52(34(3)71)53(63)73)69-55(75)46(18-10-11-25-61)64-57(77)48(30-44-42-16-8-6-14-39(42)29-40-15-7-9-17-43(40)44)66-56(76)47(28-35-20-23-41(72)24-21-35)65-58(78)49(31-81)67-54(74)45(62)27-36-19-22-37-12-4-5-13-38(37)26-36/h4-9,12-17,19-24,26,29,33-34,45-52,71-72,81-82H,10-11,18,25,27-28,30-32,61-62H2,1-3H3,(H2,63,73)(H,64,77)(H,65,78)(H,66,76)(H,67,74)(H,68,80)(H,69,75)(H,70,79)/t34-,45+,46+,47+,48-,49+,50+,51+,52+/m1/s1. The molecular weight excluding hydrogens is 1080 g/mol. The fraction of sp³-hybridized carbons (Fsp3) is 0.367. The van der Waals surface area contributed by atoms with Crippen molar-refractivity contribution in [2.45, 2.75) is 114 Å². The van der Waals surface area contributed by atoms with E-state index in [9.17, 15) is 39.0 Å². The first kappa shape index (κ1) is 63.4. The quantitative estimate of drug-likeness (QED) is 0.0183. The van der Waals surface area contributed by atoms with E-state index in [1.807, 2.05) is 97.1 Å². The van der Waals surface area contributed by atoms with E-state index in [0.717, 1.165) is 37.9 Å². The van der Waals surface area contributed by atoms with E-state index in [4.69, 9.17) is 17.2 Å². The molecule has 15 N–H and O–H groups in total. The van der Waals surface area contributed by atoms with Gasteiger partial charge in [-0.1, -0.05) is 117 Å². The largest absolute Gasteiger partial charge is 0.508 e. The second-order valence-corrected chi connectivity index (χ2v) is 21.4. The van der Waals surface area contributed by atoms with Gasteiger partial charge in [0.05, 0.1) is 12.1 Å². The molecule has 6 rings (SSSR count). The maximum absolute atomic E-state index is 15.2. The number of hydrogen-bond donors (Lipinski definition) is 14. The smallest absolute Gasteiger partial charge is 0.244 e. The van der Waals surface area contributed by atoms with Crippen LogP contribution in [0.5, 0.6) is 5.75 Å². The number of carbonyl (C=O) groups excluding carboxylic acids is 8. The van der Waals surface area contributed by atoms with Crippen molar-refractivity contribution in [3.63, 3.8) is 0 Å². The van der Waals surface area contributed by atoms with Crippen molar-refractivity contribution in [3.8, 4) is 5.75 Å². The lowest BCUT2D eigenvalue weighted by Gasteiger charge is -2.29. The number of fused-ring (bicyclic) bond motifs is 3. The summed E-state index contributed by atoms with van der Waals surface area (Å²) in [7, 11) is 0. The minimum absolute atomic E-state index is 0.0386. The number of hydrogen-bond acceptors (Lipinski definition) is 14. The van der Waals surface area contributed by atoms with E-state index in [1.54, 1.807) is 26.0 Å². The molecule has 0 aromatic heterocycles. The van der Waals surface area contributed by atoms with Crippen LogP contribution in [0.1, 0.15) is 56.7 Å². The van der Waals surface area contributed by atoms with Crippen molar-refractivity contribution in [1.82, 2.24) is 37.2 Å². The number of phenolic OH excluding ortho intramolecular Hbond substituents is 1. The third-order valence-corrected chi connectivity index (χ3v) is 14.8. The second kappa shape index (κ2) is 30.3. The second-order valence-electron chi connectivity index (χ2n) is 20.7. The lowest BCUT2D eigenvalue weighted by atomic mass is 9.92. The molecule has 20 nitrogen and oxygen atoms in total. The lowest BCUT2D eigenvalue weighted by Crippen LogP contribution is -2.62. The highest BCUT2D eigenvalue weighted by atomic mass is 32.1. The summed E-state index contributed by atoms with van der Waals surface area (Å²) in [6.45, 7) is 4.82. The molecule has 6 aromatic rings. The molecule has 6 aromatic carbocycles. The SMILES string of the molecule is CC(C)[C@H](NC(=O)[C@H](CCCCN)NC(=O)[C@@H](Cc1c2ccccc2cc2ccccc12)NC(=O)[C@H](Cc1ccc(O)cc1)NC(=O)[C@H](CS)NC(=O)[C@@H](N)Cc1ccc2ccccc2c1)C(=O)N[C@@H](CS)C(=O)N[C@H](C(N)=O)[C@@H](C)O. The average Bonchev–Trinajstić information content (AvgIpc) is 3.66. The van der Waals surface area contributed by atoms with Crippen LogP contribution in [0.4, 0.5) is 0 Å². The molecular formula is C60H74N10O10S2. The molecule has 0 unspecified atom stereocenters. The maximum atomic E-state index is 15.2. The van der Waals surface area contributed by atoms with Crippen molar-refractivity contribution in [2.75, 3.05) is 18.1 Å². The van der Waals surface area contributed by atoms with Gasteiger partial charge >= 0.3 is 0 Å². The van der Waals surface area contributed by atoms with E-state index in [2.05, 4.69) is 62.5 Å². The molecule has 0 radical (unpaired) electrons. The number of rotatable bonds is 29. The molecule has 0 aliphatic heterocycles. The van der Waals surface area contributed by atoms with Gasteiger partial charge in [-0.3, -0.25) is 38.4 Å². The van der Waals surface area contributed by atoms with Gasteiger partial charge in [-0.15, -0.1) is 0 Å². The first-order valence-electron chi connectivity index (χ1n) is 27.1. The minimum Gasteiger partial charge on any atom is -0.508 e. The number of nitrogens with one attached hydrogen (secondary N) is 7. The van der Waals surface area contributed by atoms with Gasteiger partial charge in [0, 0.05) is 24.3 Å². The van der Waals surface area contributed by atoms with Crippen LogP contribution in [0.15, 0.2) is 121 Å². The van der Waals surface area contributed by atoms with Gasteiger partial charge in [-0.05, 0) is 112 Å². The van der Waals surface area contributed by atoms with E-state index in [1.165, 1.54) is 19.1 Å². The zero-order chi connectivity index (χ0) is 59.6. The first-order valence-corrected chi connectivity index (χ1v) is 28.4. The number of thiol groups is 2. The van der Waals surface area contributed by atoms with Crippen molar-refractivity contribution >= 4 is 105 Å². The van der Waals surface area contributed by atoms with Crippen molar-refractivity contribution < 1.29 is 48.6 Å². The van der Waals surface area contributed by atoms with Crippen LogP contribution in [-0.2, 0) is 57.6 Å². The Morgan fingerprint density at radius 2 is 0.951 bits per heavy atom. The highest BCUT2D eigenvalue weighted by Gasteiger charge is 2.36. The van der Waals surface area contributed by atoms with Crippen LogP contribution < -0.4 is 54.4 Å². The van der Waals surface area contributed by atoms with Crippen molar-refractivity contribution in [1.29, 1.82) is 0 Å². The third-order valence-electron chi connectivity index (χ3n) is 14.1. The van der Waals surface area contributed by atoms with Crippen LogP contribution >= 0.6 is 25.3 Å². The van der Waals surface area contributed by atoms with Gasteiger partial charge in [-0.2, -0.15) is 25.3 Å². The fourth-order valence-electron chi connectivity index (χ4n) is 9.51. The third kappa shape index (κ3) is 17.4. The number of aliphatic hydroxyl groups excluding tert-OH is 1. The van der Waals surface area contributed by atoms with Crippen LogP contribution in [0.3, 0.4) is 0 Å². The summed E-state index contributed by atoms with van der Waals surface area (Å²) in [6.07, 6.45) is -0.629. The number of unbranched alkanes of at least 4 members (excludes halogenated alkanes) is 1. The Bertz CT molecular complexity index is 3180. The molecule has 22 heteroatoms. The zero-order valence-corrected chi connectivity index (χ0v) is 47.8. The van der Waals surface area contributed by atoms with Gasteiger partial charge in [-0.25, -0.2) is 0 Å². The highest BCUT2D eigenvalue weighted by Crippen LogP contribution is 2.30. The van der Waals surface area contributed by atoms with E-state index in [-0.39, 0.29) is 49.5 Å². The van der Waals surface area contributed by atoms with Crippen molar-refractivity contribution in [2.24, 2.45) is 23.1 Å². The average molecular weight is 1160 g/mol. The Morgan fingerprint density at radius 3 is 1.50 bits per heavy atom. The number of aliphatic hydroxyl groups is 1. The normalized spacial score (nSPS) is 14.7. The van der Waals surface area contributed by atoms with E-state index >= 15 is 9.59 Å². The van der Waals surface area contributed by atoms with Crippen LogP contribution in [0.25, 0.3) is 32.3 Å². The predicted octanol–water partition coefficient (Wildman–Crippen LogP) is 2.11. The van der Waals surface area contributed by atoms with E-state index < -0.39 is 108 Å². The summed E-state index contributed by atoms with van der Waals surface area (Å²) < 4.78 is 0. The van der Waals surface area contributed by atoms with Gasteiger partial charge in [0.15, 0.2) is 0 Å². The molecule has 0 saturated carbocycles. The topological polar surface area (TPSA) is 339 Å². The summed E-state index contributed by atoms with van der Waals surface area (Å²) in [5.41, 5.74) is 19.6. The molecule has 0 aliphatic carbocycles. The zero-order valence-electron chi connectivity index (χ0n) is 46.0. The van der Waals surface area contributed by atoms with Gasteiger partial charge in [0.2, 0.25) is 47.3 Å². The summed E-state index contributed by atoms with van der Waals surface area (Å²) in [4.78, 5) is 112. The monoisotopic (exact) mass is 1160 g/mol. The molecule has 9 atom stereocenters. The fourth-order valence-corrected chi connectivity index (χ4v) is 10.0. The number of phenols is 1. The number of amides is 8. The minimum atomic E-state index is -1.47. The van der Waals surface area contributed by atoms with Gasteiger partial charge < -0.3 is 64.6 Å². The molecule has 0 saturated heterocycles. The van der Waals surface area contributed by atoms with Crippen LogP contribution in [0.2, 0.25) is 0 Å². The lowest BCUT2D eigenvalue weighted by molar-refractivity contribution is -0.136. The number of carbonyl (C=O) groups is 8. The summed E-state index contributed by atoms with van der Waals surface area (Å²) >= 11 is 8.60. The first-order chi connectivity index (χ1) is 39.2. The summed E-state index contributed by atoms with van der Waals surface area (Å²) in [5, 5.41) is 44.2. The van der Waals surface area contributed by atoms with E-state index in [0.29, 0.717) is 24.0 Å². The molecule has 0 spiro atoms. The van der Waals surface area contributed by atoms with Crippen LogP contribution in [0, 0.1) is 5.92 Å². The van der Waals surface area contributed by atoms with Crippen LogP contribution in [-0.4, -0.2) is 130 Å². The molecule has 0 bridgehead atoms. The predicted molar refractivity (Wildman–Crippen MR) is 322 cm³/mol. The molecule has 82 heavy (non-hydrogen) atoms. The maximum Gasteiger partial charge on any atom is 0.244 e. The summed E-state index contributed by atoms with van der Waals surface area (Å²) in [5.74, 6) is -7.54. The molecule has 436 valence electrons. The summed E-state index contributed by atoms with van der Waals surface area (Å²) in [6, 6.07) is 26.0. The Balaban J connectivity index is 1.30. The Morgan fingerprint density at radius 1 is 0.488 bits per heavy atom. The van der Waals surface area contributed by atoms with Crippen molar-refractivity contribution in [3.05, 3.63) is 138 Å². The highest BCUT2D eigenvalue weighted by molar-refractivity contribution is 7.80. The molecule has 0 fully saturated rings. The molecule has 0 heterocycles. The Hall–Kier alpha value is -7.76.